The van der Waals surface area contributed by atoms with Crippen LogP contribution in [0.25, 0.3) is 0 Å². The largest absolute Gasteiger partial charge is 0.349 e. The zero-order valence-corrected chi connectivity index (χ0v) is 12.3. The maximum Gasteiger partial charge on any atom is 0.238 e. The highest BCUT2D eigenvalue weighted by Gasteiger charge is 2.29. The third kappa shape index (κ3) is 3.44. The van der Waals surface area contributed by atoms with Crippen molar-refractivity contribution in [3.63, 3.8) is 0 Å². The molecule has 22 heavy (non-hydrogen) atoms. The van der Waals surface area contributed by atoms with Gasteiger partial charge in [-0.2, -0.15) is 0 Å². The molecular formula is C15H18N6O. The van der Waals surface area contributed by atoms with Crippen molar-refractivity contribution in [3.8, 4) is 0 Å². The van der Waals surface area contributed by atoms with Crippen molar-refractivity contribution in [3.05, 3.63) is 53.9 Å². The third-order valence-corrected chi connectivity index (χ3v) is 3.61. The average Bonchev–Trinajstić information content (AvgIpc) is 3.05. The number of aryl methyl sites for hydroxylation is 1. The maximum absolute atomic E-state index is 12.2. The highest BCUT2D eigenvalue weighted by molar-refractivity contribution is 5.82. The molecule has 0 aromatic carbocycles. The third-order valence-electron chi connectivity index (χ3n) is 3.61. The second-order valence-corrected chi connectivity index (χ2v) is 5.28. The van der Waals surface area contributed by atoms with Crippen LogP contribution in [0.2, 0.25) is 0 Å². The fourth-order valence-electron chi connectivity index (χ4n) is 2.35. The fourth-order valence-corrected chi connectivity index (χ4v) is 2.35. The van der Waals surface area contributed by atoms with Crippen molar-refractivity contribution < 1.29 is 4.79 Å². The number of nitrogens with one attached hydrogen (secondary N) is 3. The molecule has 2 aromatic heterocycles. The van der Waals surface area contributed by atoms with E-state index in [1.807, 2.05) is 19.1 Å². The number of amides is 1. The lowest BCUT2D eigenvalue weighted by Gasteiger charge is -2.10. The maximum atomic E-state index is 12.2. The van der Waals surface area contributed by atoms with Gasteiger partial charge in [0.05, 0.1) is 24.1 Å². The summed E-state index contributed by atoms with van der Waals surface area (Å²) < 4.78 is 0. The quantitative estimate of drug-likeness (QED) is 0.757. The van der Waals surface area contributed by atoms with Crippen LogP contribution in [0.4, 0.5) is 0 Å². The van der Waals surface area contributed by atoms with E-state index in [9.17, 15) is 4.79 Å². The summed E-state index contributed by atoms with van der Waals surface area (Å²) in [5.41, 5.74) is 8.89. The molecule has 0 spiro atoms. The molecule has 1 aliphatic rings. The lowest BCUT2D eigenvalue weighted by Crippen LogP contribution is -2.43. The van der Waals surface area contributed by atoms with E-state index in [4.69, 9.17) is 0 Å². The molecule has 3 rings (SSSR count). The Morgan fingerprint density at radius 2 is 2.09 bits per heavy atom. The Labute approximate surface area is 128 Å². The number of rotatable bonds is 4. The number of carbonyl (C=O) groups is 1. The fraction of sp³-hybridized carbons (Fsp3) is 0.333. The highest BCUT2D eigenvalue weighted by Crippen LogP contribution is 2.21. The van der Waals surface area contributed by atoms with Gasteiger partial charge in [0.15, 0.2) is 0 Å². The Morgan fingerprint density at radius 3 is 2.82 bits per heavy atom. The van der Waals surface area contributed by atoms with Gasteiger partial charge >= 0.3 is 0 Å². The number of carbonyl (C=O) groups excluding carboxylic acids is 1. The molecule has 0 radical (unpaired) electrons. The molecule has 0 saturated carbocycles. The summed E-state index contributed by atoms with van der Waals surface area (Å²) in [4.78, 5) is 24.6. The van der Waals surface area contributed by atoms with Crippen molar-refractivity contribution in [2.24, 2.45) is 0 Å². The van der Waals surface area contributed by atoms with Gasteiger partial charge < -0.3 is 5.32 Å². The topological polar surface area (TPSA) is 91.8 Å². The number of hydrogen-bond donors (Lipinski definition) is 3. The van der Waals surface area contributed by atoms with Crippen LogP contribution in [0.5, 0.6) is 0 Å². The summed E-state index contributed by atoms with van der Waals surface area (Å²) in [5, 5.41) is 2.88. The smallest absolute Gasteiger partial charge is 0.238 e. The van der Waals surface area contributed by atoms with E-state index in [-0.39, 0.29) is 18.0 Å². The monoisotopic (exact) mass is 298 g/mol. The summed E-state index contributed by atoms with van der Waals surface area (Å²) in [7, 11) is 0. The predicted octanol–water partition coefficient (Wildman–Crippen LogP) is 0.404. The summed E-state index contributed by atoms with van der Waals surface area (Å²) >= 11 is 0. The van der Waals surface area contributed by atoms with E-state index in [0.29, 0.717) is 13.0 Å². The Hall–Kier alpha value is -2.38. The molecule has 114 valence electrons. The van der Waals surface area contributed by atoms with E-state index in [0.717, 1.165) is 17.0 Å². The first-order valence-electron chi connectivity index (χ1n) is 7.18. The summed E-state index contributed by atoms with van der Waals surface area (Å²) in [6.07, 6.45) is 7.56. The van der Waals surface area contributed by atoms with Crippen molar-refractivity contribution in [1.29, 1.82) is 0 Å². The molecule has 2 atom stereocenters. The van der Waals surface area contributed by atoms with E-state index < -0.39 is 0 Å². The second kappa shape index (κ2) is 6.59. The van der Waals surface area contributed by atoms with Gasteiger partial charge in [0.1, 0.15) is 6.04 Å². The molecule has 7 heteroatoms. The number of pyridine rings is 1. The molecule has 1 fully saturated rings. The Balaban J connectivity index is 1.52. The van der Waals surface area contributed by atoms with Crippen LogP contribution in [0.3, 0.4) is 0 Å². The molecule has 3 N–H and O–H groups in total. The van der Waals surface area contributed by atoms with Gasteiger partial charge in [-0.1, -0.05) is 0 Å². The normalized spacial score (nSPS) is 20.8. The van der Waals surface area contributed by atoms with Crippen LogP contribution in [0.1, 0.15) is 29.4 Å². The minimum atomic E-state index is -0.267. The zero-order chi connectivity index (χ0) is 15.4. The minimum Gasteiger partial charge on any atom is -0.349 e. The number of hydrazine groups is 1. The molecule has 1 amide bonds. The second-order valence-electron chi connectivity index (χ2n) is 5.28. The summed E-state index contributed by atoms with van der Waals surface area (Å²) in [6, 6.07) is 3.73. The van der Waals surface area contributed by atoms with Crippen LogP contribution in [0.15, 0.2) is 36.9 Å². The highest BCUT2D eigenvalue weighted by atomic mass is 16.2. The Morgan fingerprint density at radius 1 is 1.27 bits per heavy atom. The molecule has 0 bridgehead atoms. The van der Waals surface area contributed by atoms with E-state index >= 15 is 0 Å². The average molecular weight is 298 g/mol. The van der Waals surface area contributed by atoms with Gasteiger partial charge in [0, 0.05) is 24.6 Å². The summed E-state index contributed by atoms with van der Waals surface area (Å²) in [5.74, 6) is -0.0496. The number of nitrogens with zero attached hydrogens (tertiary/aromatic N) is 3. The lowest BCUT2D eigenvalue weighted by molar-refractivity contribution is -0.123. The predicted molar refractivity (Wildman–Crippen MR) is 80.3 cm³/mol. The van der Waals surface area contributed by atoms with Gasteiger partial charge in [-0.25, -0.2) is 10.9 Å². The number of aromatic nitrogens is 3. The standard InChI is InChI=1S/C15H18N6O/c1-10-7-18-12(8-17-10)9-19-15(22)14-6-13(20-21-14)11-2-4-16-5-3-11/h2-5,7-8,13-14,20-21H,6,9H2,1H3,(H,19,22). The van der Waals surface area contributed by atoms with Gasteiger partial charge in [0.25, 0.3) is 0 Å². The molecular weight excluding hydrogens is 280 g/mol. The van der Waals surface area contributed by atoms with Crippen molar-refractivity contribution in [2.45, 2.75) is 32.0 Å². The van der Waals surface area contributed by atoms with Gasteiger partial charge in [-0.15, -0.1) is 0 Å². The van der Waals surface area contributed by atoms with Crippen molar-refractivity contribution in [2.75, 3.05) is 0 Å². The van der Waals surface area contributed by atoms with Crippen LogP contribution in [-0.2, 0) is 11.3 Å². The molecule has 3 heterocycles. The molecule has 7 nitrogen and oxygen atoms in total. The van der Waals surface area contributed by atoms with Crippen molar-refractivity contribution >= 4 is 5.91 Å². The van der Waals surface area contributed by atoms with Crippen LogP contribution in [0, 0.1) is 6.92 Å². The Kier molecular flexibility index (Phi) is 4.36. The van der Waals surface area contributed by atoms with Crippen LogP contribution in [-0.4, -0.2) is 26.9 Å². The molecule has 0 aliphatic carbocycles. The van der Waals surface area contributed by atoms with Crippen LogP contribution >= 0.6 is 0 Å². The first-order valence-corrected chi connectivity index (χ1v) is 7.18. The van der Waals surface area contributed by atoms with E-state index in [2.05, 4.69) is 31.1 Å². The van der Waals surface area contributed by atoms with Gasteiger partial charge in [-0.3, -0.25) is 19.7 Å². The first-order chi connectivity index (χ1) is 10.7. The molecule has 1 saturated heterocycles. The zero-order valence-electron chi connectivity index (χ0n) is 12.3. The van der Waals surface area contributed by atoms with E-state index in [1.165, 1.54) is 0 Å². The minimum absolute atomic E-state index is 0.0496. The lowest BCUT2D eigenvalue weighted by atomic mass is 10.0. The van der Waals surface area contributed by atoms with Gasteiger partial charge in [0.2, 0.25) is 5.91 Å². The summed E-state index contributed by atoms with van der Waals surface area (Å²) in [6.45, 7) is 2.26. The van der Waals surface area contributed by atoms with Crippen molar-refractivity contribution in [1.82, 2.24) is 31.1 Å². The first kappa shape index (κ1) is 14.6. The number of hydrogen-bond acceptors (Lipinski definition) is 6. The van der Waals surface area contributed by atoms with Gasteiger partial charge in [-0.05, 0) is 31.0 Å². The molecule has 2 aromatic rings. The van der Waals surface area contributed by atoms with Crippen LogP contribution < -0.4 is 16.2 Å². The molecule has 1 aliphatic heterocycles. The SMILES string of the molecule is Cc1cnc(CNC(=O)C2CC(c3ccncc3)NN2)cn1. The Bertz CT molecular complexity index is 630. The van der Waals surface area contributed by atoms with E-state index in [1.54, 1.807) is 24.8 Å². The molecule has 2 unspecified atom stereocenters.